The van der Waals surface area contributed by atoms with E-state index in [-0.39, 0.29) is 12.1 Å². The first-order valence-corrected chi connectivity index (χ1v) is 8.83. The highest BCUT2D eigenvalue weighted by Crippen LogP contribution is 2.24. The van der Waals surface area contributed by atoms with Crippen molar-refractivity contribution in [2.24, 2.45) is 0 Å². The van der Waals surface area contributed by atoms with E-state index in [2.05, 4.69) is 11.9 Å². The number of ether oxygens (including phenoxy) is 1. The number of carbonyl (C=O) groups excluding carboxylic acids is 3. The summed E-state index contributed by atoms with van der Waals surface area (Å²) >= 11 is 5.88. The van der Waals surface area contributed by atoms with Crippen molar-refractivity contribution in [2.75, 3.05) is 6.54 Å². The third-order valence-corrected chi connectivity index (χ3v) is 4.28. The van der Waals surface area contributed by atoms with Crippen LogP contribution in [0.15, 0.2) is 66.8 Å². The van der Waals surface area contributed by atoms with E-state index in [9.17, 15) is 14.4 Å². The Morgan fingerprint density at radius 3 is 2.50 bits per heavy atom. The number of benzene rings is 2. The Hall–Kier alpha value is -3.38. The zero-order valence-corrected chi connectivity index (χ0v) is 15.6. The van der Waals surface area contributed by atoms with Crippen LogP contribution in [-0.4, -0.2) is 29.3 Å². The van der Waals surface area contributed by atoms with E-state index in [4.69, 9.17) is 16.3 Å². The van der Waals surface area contributed by atoms with Gasteiger partial charge in [0.15, 0.2) is 0 Å². The van der Waals surface area contributed by atoms with Crippen LogP contribution in [0.3, 0.4) is 0 Å². The van der Waals surface area contributed by atoms with Gasteiger partial charge in [-0.1, -0.05) is 48.0 Å². The van der Waals surface area contributed by atoms with Gasteiger partial charge in [-0.05, 0) is 29.8 Å². The lowest BCUT2D eigenvalue weighted by molar-refractivity contribution is -0.129. The molecule has 0 spiro atoms. The molecule has 142 valence electrons. The number of rotatable bonds is 6. The summed E-state index contributed by atoms with van der Waals surface area (Å²) in [6, 6.07) is 13.5. The molecule has 0 aliphatic carbocycles. The monoisotopic (exact) mass is 396 g/mol. The van der Waals surface area contributed by atoms with Crippen molar-refractivity contribution >= 4 is 35.5 Å². The molecule has 1 heterocycles. The van der Waals surface area contributed by atoms with Crippen LogP contribution in [0.2, 0.25) is 5.02 Å². The van der Waals surface area contributed by atoms with E-state index < -0.39 is 17.8 Å². The number of barbiturate groups is 1. The average Bonchev–Trinajstić information content (AvgIpc) is 2.69. The molecular weight excluding hydrogens is 380 g/mol. The highest BCUT2D eigenvalue weighted by atomic mass is 35.5. The van der Waals surface area contributed by atoms with Crippen molar-refractivity contribution < 1.29 is 19.1 Å². The van der Waals surface area contributed by atoms with Crippen LogP contribution < -0.4 is 10.1 Å². The van der Waals surface area contributed by atoms with Gasteiger partial charge in [0.25, 0.3) is 11.8 Å². The number of carbonyl (C=O) groups is 3. The molecule has 3 rings (SSSR count). The van der Waals surface area contributed by atoms with Crippen LogP contribution >= 0.6 is 11.6 Å². The van der Waals surface area contributed by atoms with Crippen LogP contribution in [0, 0.1) is 0 Å². The summed E-state index contributed by atoms with van der Waals surface area (Å²) in [5.74, 6) is -0.929. The second-order valence-electron chi connectivity index (χ2n) is 5.97. The molecule has 1 aliphatic rings. The molecule has 2 aromatic rings. The molecule has 6 nitrogen and oxygen atoms in total. The summed E-state index contributed by atoms with van der Waals surface area (Å²) in [6.45, 7) is 3.81. The number of amides is 4. The maximum atomic E-state index is 12.5. The van der Waals surface area contributed by atoms with E-state index in [0.717, 1.165) is 10.5 Å². The van der Waals surface area contributed by atoms with Gasteiger partial charge >= 0.3 is 6.03 Å². The number of para-hydroxylation sites is 1. The number of imide groups is 2. The fraction of sp³-hybridized carbons (Fsp3) is 0.0952. The second-order valence-corrected chi connectivity index (χ2v) is 6.41. The van der Waals surface area contributed by atoms with Crippen molar-refractivity contribution in [2.45, 2.75) is 6.61 Å². The summed E-state index contributed by atoms with van der Waals surface area (Å²) in [6.07, 6.45) is 2.82. The highest BCUT2D eigenvalue weighted by Gasteiger charge is 2.35. The Kier molecular flexibility index (Phi) is 5.91. The van der Waals surface area contributed by atoms with Crippen LogP contribution in [0.25, 0.3) is 6.08 Å². The van der Waals surface area contributed by atoms with Gasteiger partial charge in [-0.2, -0.15) is 0 Å². The van der Waals surface area contributed by atoms with Crippen molar-refractivity contribution in [3.05, 3.63) is 82.9 Å². The van der Waals surface area contributed by atoms with Crippen molar-refractivity contribution in [3.63, 3.8) is 0 Å². The summed E-state index contributed by atoms with van der Waals surface area (Å²) in [7, 11) is 0. The van der Waals surface area contributed by atoms with Gasteiger partial charge in [-0.15, -0.1) is 6.58 Å². The molecular formula is C21H17ClN2O4. The fourth-order valence-electron chi connectivity index (χ4n) is 2.62. The number of halogens is 1. The lowest BCUT2D eigenvalue weighted by Gasteiger charge is -2.25. The third kappa shape index (κ3) is 4.29. The molecule has 0 bridgehead atoms. The van der Waals surface area contributed by atoms with Gasteiger partial charge in [0, 0.05) is 17.1 Å². The number of hydrogen-bond donors (Lipinski definition) is 1. The normalized spacial score (nSPS) is 15.5. The Balaban J connectivity index is 1.86. The van der Waals surface area contributed by atoms with E-state index in [0.29, 0.717) is 22.9 Å². The van der Waals surface area contributed by atoms with Crippen LogP contribution in [-0.2, 0) is 16.2 Å². The van der Waals surface area contributed by atoms with Crippen molar-refractivity contribution in [1.29, 1.82) is 0 Å². The first-order valence-electron chi connectivity index (χ1n) is 8.45. The van der Waals surface area contributed by atoms with Gasteiger partial charge < -0.3 is 4.74 Å². The minimum absolute atomic E-state index is 0.00397. The van der Waals surface area contributed by atoms with E-state index in [1.807, 2.05) is 12.1 Å². The lowest BCUT2D eigenvalue weighted by atomic mass is 10.1. The Morgan fingerprint density at radius 2 is 1.79 bits per heavy atom. The molecule has 1 saturated heterocycles. The number of hydrogen-bond acceptors (Lipinski definition) is 4. The van der Waals surface area contributed by atoms with E-state index in [1.54, 1.807) is 36.4 Å². The summed E-state index contributed by atoms with van der Waals surface area (Å²) in [4.78, 5) is 37.4. The fourth-order valence-corrected chi connectivity index (χ4v) is 2.74. The zero-order chi connectivity index (χ0) is 20.1. The SMILES string of the molecule is C=CCN1C(=O)NC(=O)/C(=C\c2ccccc2OCc2ccc(Cl)cc2)C1=O. The molecule has 1 aliphatic heterocycles. The van der Waals surface area contributed by atoms with E-state index in [1.165, 1.54) is 12.2 Å². The summed E-state index contributed by atoms with van der Waals surface area (Å²) in [5.41, 5.74) is 1.31. The number of urea groups is 1. The van der Waals surface area contributed by atoms with Gasteiger partial charge in [0.2, 0.25) is 0 Å². The second kappa shape index (κ2) is 8.54. The maximum absolute atomic E-state index is 12.5. The summed E-state index contributed by atoms with van der Waals surface area (Å²) in [5, 5.41) is 2.79. The van der Waals surface area contributed by atoms with Gasteiger partial charge in [-0.25, -0.2) is 4.79 Å². The predicted molar refractivity (Wildman–Crippen MR) is 106 cm³/mol. The predicted octanol–water partition coefficient (Wildman–Crippen LogP) is 3.57. The summed E-state index contributed by atoms with van der Waals surface area (Å²) < 4.78 is 5.84. The van der Waals surface area contributed by atoms with Crippen molar-refractivity contribution in [1.82, 2.24) is 10.2 Å². The van der Waals surface area contributed by atoms with Crippen LogP contribution in [0.1, 0.15) is 11.1 Å². The van der Waals surface area contributed by atoms with Gasteiger partial charge in [0.1, 0.15) is 17.9 Å². The smallest absolute Gasteiger partial charge is 0.331 e. The zero-order valence-electron chi connectivity index (χ0n) is 14.9. The lowest BCUT2D eigenvalue weighted by Crippen LogP contribution is -2.54. The number of nitrogens with zero attached hydrogens (tertiary/aromatic N) is 1. The quantitative estimate of drug-likeness (QED) is 0.460. The molecule has 1 N–H and O–H groups in total. The molecule has 2 aromatic carbocycles. The average molecular weight is 397 g/mol. The minimum atomic E-state index is -0.765. The molecule has 1 fully saturated rings. The molecule has 0 unspecified atom stereocenters. The Morgan fingerprint density at radius 1 is 1.07 bits per heavy atom. The molecule has 0 aromatic heterocycles. The molecule has 4 amide bonds. The first-order chi connectivity index (χ1) is 13.5. The first kappa shape index (κ1) is 19.4. The van der Waals surface area contributed by atoms with Crippen LogP contribution in [0.4, 0.5) is 4.79 Å². The Bertz CT molecular complexity index is 967. The largest absolute Gasteiger partial charge is 0.488 e. The van der Waals surface area contributed by atoms with E-state index >= 15 is 0 Å². The van der Waals surface area contributed by atoms with Crippen molar-refractivity contribution in [3.8, 4) is 5.75 Å². The number of nitrogens with one attached hydrogen (secondary N) is 1. The van der Waals surface area contributed by atoms with Gasteiger partial charge in [-0.3, -0.25) is 19.8 Å². The molecule has 0 saturated carbocycles. The van der Waals surface area contributed by atoms with Gasteiger partial charge in [0.05, 0.1) is 0 Å². The standard InChI is InChI=1S/C21H17ClN2O4/c1-2-11-24-20(26)17(19(25)23-21(24)27)12-15-5-3-4-6-18(15)28-13-14-7-9-16(22)10-8-14/h2-10,12H,1,11,13H2,(H,23,25,27)/b17-12+. The molecule has 0 radical (unpaired) electrons. The minimum Gasteiger partial charge on any atom is -0.488 e. The molecule has 7 heteroatoms. The Labute approximate surface area is 167 Å². The van der Waals surface area contributed by atoms with Crippen LogP contribution in [0.5, 0.6) is 5.75 Å². The maximum Gasteiger partial charge on any atom is 0.331 e. The third-order valence-electron chi connectivity index (χ3n) is 4.02. The molecule has 28 heavy (non-hydrogen) atoms. The molecule has 0 atom stereocenters. The highest BCUT2D eigenvalue weighted by molar-refractivity contribution is 6.31. The topological polar surface area (TPSA) is 75.7 Å².